The van der Waals surface area contributed by atoms with Gasteiger partial charge in [-0.3, -0.25) is 43.2 Å². The molecule has 0 unspecified atom stereocenters. The second-order valence-corrected chi connectivity index (χ2v) is 20.7. The molecule has 0 spiro atoms. The van der Waals surface area contributed by atoms with Crippen LogP contribution in [0.15, 0.2) is 30.3 Å². The molecule has 23 nitrogen and oxygen atoms in total. The molecule has 1 aliphatic heterocycles. The molecule has 18 N–H and O–H groups in total. The third-order valence-corrected chi connectivity index (χ3v) is 12.9. The van der Waals surface area contributed by atoms with Crippen molar-refractivity contribution in [2.75, 3.05) is 32.7 Å². The average molecular weight is 1070 g/mol. The lowest BCUT2D eigenvalue weighted by atomic mass is 10.00. The van der Waals surface area contributed by atoms with Gasteiger partial charge < -0.3 is 75.9 Å². The normalized spacial score (nSPS) is 23.1. The van der Waals surface area contributed by atoms with Crippen LogP contribution in [-0.2, 0) is 49.6 Å². The van der Waals surface area contributed by atoms with E-state index in [0.717, 1.165) is 32.1 Å². The number of rotatable bonds is 25. The van der Waals surface area contributed by atoms with Crippen molar-refractivity contribution in [3.8, 4) is 0 Å². The fourth-order valence-electron chi connectivity index (χ4n) is 8.74. The number of nitrogens with two attached hydrogens (primary N) is 4. The van der Waals surface area contributed by atoms with E-state index in [-0.39, 0.29) is 115 Å². The minimum Gasteiger partial charge on any atom is -0.393 e. The molecule has 23 heteroatoms. The molecule has 0 bridgehead atoms. The summed E-state index contributed by atoms with van der Waals surface area (Å²) >= 11 is 0. The first kappa shape index (κ1) is 66.4. The second-order valence-electron chi connectivity index (χ2n) is 20.7. The number of carbonyl (C=O) groups is 9. The smallest absolute Gasteiger partial charge is 0.243 e. The van der Waals surface area contributed by atoms with Gasteiger partial charge in [0.25, 0.3) is 0 Å². The van der Waals surface area contributed by atoms with Gasteiger partial charge in [-0.05, 0) is 108 Å². The van der Waals surface area contributed by atoms with E-state index in [1.54, 1.807) is 30.3 Å². The number of benzene rings is 1. The van der Waals surface area contributed by atoms with Gasteiger partial charge >= 0.3 is 0 Å². The summed E-state index contributed by atoms with van der Waals surface area (Å²) in [5.41, 5.74) is 24.3. The molecule has 430 valence electrons. The zero-order valence-electron chi connectivity index (χ0n) is 45.7. The number of aliphatic hydroxyl groups excluding tert-OH is 1. The van der Waals surface area contributed by atoms with Crippen LogP contribution in [0.4, 0.5) is 0 Å². The Bertz CT molecular complexity index is 1960. The van der Waals surface area contributed by atoms with E-state index in [2.05, 4.69) is 54.8 Å². The van der Waals surface area contributed by atoms with Gasteiger partial charge in [-0.2, -0.15) is 0 Å². The van der Waals surface area contributed by atoms with Crippen molar-refractivity contribution in [1.82, 2.24) is 47.9 Å². The fraction of sp³-hybridized carbons (Fsp3) is 0.717. The van der Waals surface area contributed by atoms with E-state index < -0.39 is 108 Å². The second kappa shape index (κ2) is 37.1. The lowest BCUT2D eigenvalue weighted by Gasteiger charge is -2.28. The number of amides is 9. The Morgan fingerprint density at radius 1 is 0.592 bits per heavy atom. The van der Waals surface area contributed by atoms with E-state index in [0.29, 0.717) is 12.0 Å². The Balaban J connectivity index is 2.64. The third kappa shape index (κ3) is 25.9. The first-order valence-electron chi connectivity index (χ1n) is 27.5. The number of unbranched alkanes of at least 4 members (excludes halogenated alkanes) is 4. The first-order chi connectivity index (χ1) is 36.3. The van der Waals surface area contributed by atoms with Crippen molar-refractivity contribution in [3.05, 3.63) is 35.9 Å². The maximum absolute atomic E-state index is 14.4. The molecule has 2 rings (SSSR count). The number of nitrogens with one attached hydrogen (secondary N) is 9. The Hall–Kier alpha value is -5.75. The zero-order chi connectivity index (χ0) is 56.6. The van der Waals surface area contributed by atoms with Crippen molar-refractivity contribution < 1.29 is 48.3 Å². The summed E-state index contributed by atoms with van der Waals surface area (Å²) in [6.45, 7) is 9.44. The van der Waals surface area contributed by atoms with Gasteiger partial charge in [-0.1, -0.05) is 97.1 Å². The fourth-order valence-corrected chi connectivity index (χ4v) is 8.74. The van der Waals surface area contributed by atoms with Crippen LogP contribution < -0.4 is 70.8 Å². The Morgan fingerprint density at radius 2 is 1.07 bits per heavy atom. The lowest BCUT2D eigenvalue weighted by molar-refractivity contribution is -0.136. The quantitative estimate of drug-likeness (QED) is 0.0523. The highest BCUT2D eigenvalue weighted by Gasteiger charge is 2.35. The molecular weight excluding hydrogens is 979 g/mol. The van der Waals surface area contributed by atoms with Crippen LogP contribution in [0.1, 0.15) is 143 Å². The maximum Gasteiger partial charge on any atom is 0.243 e. The number of aliphatic hydroxyl groups is 1. The molecule has 0 radical (unpaired) electrons. The van der Waals surface area contributed by atoms with Gasteiger partial charge in [0.1, 0.15) is 48.3 Å². The topological polar surface area (TPSA) is 386 Å². The van der Waals surface area contributed by atoms with Crippen LogP contribution >= 0.6 is 0 Å². The summed E-state index contributed by atoms with van der Waals surface area (Å²) in [5.74, 6) is -6.54. The molecule has 76 heavy (non-hydrogen) atoms. The Morgan fingerprint density at radius 3 is 1.58 bits per heavy atom. The largest absolute Gasteiger partial charge is 0.393 e. The molecule has 1 saturated heterocycles. The first-order valence-corrected chi connectivity index (χ1v) is 27.5. The summed E-state index contributed by atoms with van der Waals surface area (Å²) in [5, 5.41) is 35.2. The molecule has 1 aliphatic rings. The minimum atomic E-state index is -1.33. The van der Waals surface area contributed by atoms with Crippen LogP contribution in [0.2, 0.25) is 0 Å². The standard InChI is InChI=1S/C53H93N13O10/c1-6-7-8-9-13-18-36(67)32-45(68)59-38(20-24-54)48(71)60-37-19-14-15-28-58-46(69)42(29-33(2)3)64-50(73)40(22-26-56)62-49(72)39(21-25-55)63-52(75)43(30-34(4)5)65-53(76)44(31-35-16-11-10-12-17-35)66-51(74)41(23-27-57)61-47(37)70/h10-12,16-17,33-34,36-44,67H,6-9,13-15,18-32,54-57H2,1-5H3,(H,58,69)(H,59,68)(H,60,71)(H,61,70)(H,62,72)(H,63,75)(H,64,73)(H,65,76)(H,66,74)/t36-,37+,38-,39+,40+,41+,42+,43+,44-/m1/s1. The number of carbonyl (C=O) groups excluding carboxylic acids is 9. The minimum absolute atomic E-state index is 0.00445. The van der Waals surface area contributed by atoms with Crippen molar-refractivity contribution in [1.29, 1.82) is 0 Å². The Labute approximate surface area is 449 Å². The monoisotopic (exact) mass is 1070 g/mol. The molecule has 0 aliphatic carbocycles. The molecule has 1 aromatic rings. The van der Waals surface area contributed by atoms with E-state index in [1.807, 2.05) is 27.7 Å². The van der Waals surface area contributed by atoms with E-state index in [4.69, 9.17) is 22.9 Å². The summed E-state index contributed by atoms with van der Waals surface area (Å²) in [6, 6.07) is -1.08. The van der Waals surface area contributed by atoms with Gasteiger partial charge in [0.2, 0.25) is 53.2 Å². The molecule has 1 fully saturated rings. The zero-order valence-corrected chi connectivity index (χ0v) is 45.7. The highest BCUT2D eigenvalue weighted by atomic mass is 16.3. The van der Waals surface area contributed by atoms with Gasteiger partial charge in [-0.25, -0.2) is 0 Å². The Kier molecular flexibility index (Phi) is 32.4. The van der Waals surface area contributed by atoms with Gasteiger partial charge in [0.15, 0.2) is 0 Å². The lowest BCUT2D eigenvalue weighted by Crippen LogP contribution is -2.61. The van der Waals surface area contributed by atoms with Crippen molar-refractivity contribution >= 4 is 53.2 Å². The molecular formula is C53H93N13O10. The summed E-state index contributed by atoms with van der Waals surface area (Å²) in [6.07, 6.45) is 4.71. The highest BCUT2D eigenvalue weighted by Crippen LogP contribution is 2.13. The van der Waals surface area contributed by atoms with Crippen LogP contribution in [0.5, 0.6) is 0 Å². The van der Waals surface area contributed by atoms with Crippen LogP contribution in [0.25, 0.3) is 0 Å². The third-order valence-electron chi connectivity index (χ3n) is 12.9. The van der Waals surface area contributed by atoms with Crippen molar-refractivity contribution in [3.63, 3.8) is 0 Å². The van der Waals surface area contributed by atoms with Gasteiger partial charge in [0, 0.05) is 13.0 Å². The molecule has 1 heterocycles. The number of hydrogen-bond donors (Lipinski definition) is 14. The van der Waals surface area contributed by atoms with Gasteiger partial charge in [-0.15, -0.1) is 0 Å². The predicted octanol–water partition coefficient (Wildman–Crippen LogP) is -0.994. The summed E-state index contributed by atoms with van der Waals surface area (Å²) < 4.78 is 0. The van der Waals surface area contributed by atoms with E-state index in [9.17, 15) is 48.3 Å². The summed E-state index contributed by atoms with van der Waals surface area (Å²) in [4.78, 5) is 126. The van der Waals surface area contributed by atoms with Crippen molar-refractivity contribution in [2.24, 2.45) is 34.8 Å². The SMILES string of the molecule is CCCCCCC[C@@H](O)CC(=O)N[C@H](CCN)C(=O)N[C@H]1CCCCNC(=O)[C@H](CC(C)C)NC(=O)[C@H](CCN)NC(=O)[C@H](CCN)NC(=O)[C@H](CC(C)C)NC(=O)[C@@H](Cc2ccccc2)NC(=O)[C@H](CCN)NC1=O. The van der Waals surface area contributed by atoms with Gasteiger partial charge in [0.05, 0.1) is 12.5 Å². The molecule has 0 saturated carbocycles. The number of hydrogen-bond acceptors (Lipinski definition) is 14. The molecule has 1 aromatic carbocycles. The predicted molar refractivity (Wildman–Crippen MR) is 290 cm³/mol. The molecule has 0 aromatic heterocycles. The van der Waals surface area contributed by atoms with E-state index >= 15 is 0 Å². The van der Waals surface area contributed by atoms with E-state index in [1.165, 1.54) is 0 Å². The molecule has 9 atom stereocenters. The van der Waals surface area contributed by atoms with Crippen LogP contribution in [0.3, 0.4) is 0 Å². The maximum atomic E-state index is 14.4. The van der Waals surface area contributed by atoms with Crippen LogP contribution in [-0.4, -0.2) is 145 Å². The van der Waals surface area contributed by atoms with Crippen molar-refractivity contribution in [2.45, 2.75) is 198 Å². The summed E-state index contributed by atoms with van der Waals surface area (Å²) in [7, 11) is 0. The average Bonchev–Trinajstić information content (AvgIpc) is 3.36. The molecule has 9 amide bonds. The highest BCUT2D eigenvalue weighted by molar-refractivity contribution is 5.98. The van der Waals surface area contributed by atoms with Crippen LogP contribution in [0, 0.1) is 11.8 Å².